The van der Waals surface area contributed by atoms with E-state index in [2.05, 4.69) is 15.6 Å². The van der Waals surface area contributed by atoms with Gasteiger partial charge in [0.25, 0.3) is 0 Å². The number of aliphatic carboxylic acids is 1. The molecular weight excluding hydrogens is 276 g/mol. The third-order valence-electron chi connectivity index (χ3n) is 2.61. The SMILES string of the molecule is CN(CCc1ccccn1)C(=O)NCC(=O)NCC(=O)O. The van der Waals surface area contributed by atoms with E-state index in [0.717, 1.165) is 5.69 Å². The molecule has 0 fully saturated rings. The van der Waals surface area contributed by atoms with Gasteiger partial charge in [-0.05, 0) is 12.1 Å². The van der Waals surface area contributed by atoms with Crippen LogP contribution in [0, 0.1) is 0 Å². The number of pyridine rings is 1. The van der Waals surface area contributed by atoms with Crippen molar-refractivity contribution in [3.63, 3.8) is 0 Å². The fourth-order valence-corrected chi connectivity index (χ4v) is 1.46. The molecule has 3 amide bonds. The summed E-state index contributed by atoms with van der Waals surface area (Å²) in [4.78, 5) is 38.8. The number of nitrogens with one attached hydrogen (secondary N) is 2. The summed E-state index contributed by atoms with van der Waals surface area (Å²) in [5, 5.41) is 12.9. The van der Waals surface area contributed by atoms with Crippen molar-refractivity contribution in [1.82, 2.24) is 20.5 Å². The Labute approximate surface area is 122 Å². The van der Waals surface area contributed by atoms with E-state index in [9.17, 15) is 14.4 Å². The molecule has 3 N–H and O–H groups in total. The maximum Gasteiger partial charge on any atom is 0.322 e. The monoisotopic (exact) mass is 294 g/mol. The van der Waals surface area contributed by atoms with Crippen molar-refractivity contribution in [3.8, 4) is 0 Å². The van der Waals surface area contributed by atoms with Crippen LogP contribution in [0.15, 0.2) is 24.4 Å². The Morgan fingerprint density at radius 3 is 2.62 bits per heavy atom. The number of carboxylic acid groups (broad SMARTS) is 1. The van der Waals surface area contributed by atoms with Gasteiger partial charge in [0, 0.05) is 31.9 Å². The molecular formula is C13H18N4O4. The second-order valence-electron chi connectivity index (χ2n) is 4.32. The van der Waals surface area contributed by atoms with Crippen molar-refractivity contribution >= 4 is 17.9 Å². The van der Waals surface area contributed by atoms with Gasteiger partial charge in [-0.3, -0.25) is 14.6 Å². The molecule has 0 aromatic carbocycles. The van der Waals surface area contributed by atoms with Gasteiger partial charge in [0.05, 0.1) is 6.54 Å². The molecule has 0 saturated carbocycles. The van der Waals surface area contributed by atoms with E-state index >= 15 is 0 Å². The smallest absolute Gasteiger partial charge is 0.322 e. The number of carbonyl (C=O) groups is 3. The first kappa shape index (κ1) is 16.4. The van der Waals surface area contributed by atoms with E-state index < -0.39 is 24.5 Å². The van der Waals surface area contributed by atoms with E-state index in [0.29, 0.717) is 13.0 Å². The molecule has 0 spiro atoms. The van der Waals surface area contributed by atoms with E-state index in [4.69, 9.17) is 5.11 Å². The van der Waals surface area contributed by atoms with Crippen LogP contribution in [0.4, 0.5) is 4.79 Å². The van der Waals surface area contributed by atoms with Gasteiger partial charge in [-0.1, -0.05) is 6.07 Å². The summed E-state index contributed by atoms with van der Waals surface area (Å²) < 4.78 is 0. The highest BCUT2D eigenvalue weighted by atomic mass is 16.4. The number of amides is 3. The second-order valence-corrected chi connectivity index (χ2v) is 4.32. The summed E-state index contributed by atoms with van der Waals surface area (Å²) in [5.74, 6) is -1.69. The van der Waals surface area contributed by atoms with Crippen LogP contribution in [0.3, 0.4) is 0 Å². The van der Waals surface area contributed by atoms with Crippen molar-refractivity contribution in [2.45, 2.75) is 6.42 Å². The fraction of sp³-hybridized carbons (Fsp3) is 0.385. The van der Waals surface area contributed by atoms with Gasteiger partial charge in [0.2, 0.25) is 5.91 Å². The van der Waals surface area contributed by atoms with Gasteiger partial charge < -0.3 is 20.6 Å². The first-order chi connectivity index (χ1) is 9.99. The summed E-state index contributed by atoms with van der Waals surface area (Å²) in [6.45, 7) is -0.274. The Kier molecular flexibility index (Phi) is 6.66. The molecule has 0 atom stereocenters. The van der Waals surface area contributed by atoms with Crippen LogP contribution in [-0.4, -0.2) is 59.6 Å². The quantitative estimate of drug-likeness (QED) is 0.625. The molecule has 21 heavy (non-hydrogen) atoms. The standard InChI is InChI=1S/C13H18N4O4/c1-17(7-5-10-4-2-3-6-14-10)13(21)16-8-11(18)15-9-12(19)20/h2-4,6H,5,7-9H2,1H3,(H,15,18)(H,16,21)(H,19,20). The third kappa shape index (κ3) is 6.90. The average molecular weight is 294 g/mol. The molecule has 0 aliphatic carbocycles. The summed E-state index contributed by atoms with van der Waals surface area (Å²) in [5.41, 5.74) is 0.872. The molecule has 1 aromatic heterocycles. The van der Waals surface area contributed by atoms with Gasteiger partial charge in [0.1, 0.15) is 6.54 Å². The number of carbonyl (C=O) groups excluding carboxylic acids is 2. The zero-order valence-corrected chi connectivity index (χ0v) is 11.7. The van der Waals surface area contributed by atoms with Crippen LogP contribution in [0.2, 0.25) is 0 Å². The fourth-order valence-electron chi connectivity index (χ4n) is 1.46. The zero-order valence-electron chi connectivity index (χ0n) is 11.7. The predicted octanol–water partition coefficient (Wildman–Crippen LogP) is -0.534. The lowest BCUT2D eigenvalue weighted by atomic mass is 10.2. The largest absolute Gasteiger partial charge is 0.480 e. The zero-order chi connectivity index (χ0) is 15.7. The van der Waals surface area contributed by atoms with Crippen LogP contribution in [0.5, 0.6) is 0 Å². The molecule has 114 valence electrons. The van der Waals surface area contributed by atoms with Gasteiger partial charge in [-0.25, -0.2) is 4.79 Å². The molecule has 0 bridgehead atoms. The molecule has 1 rings (SSSR count). The van der Waals surface area contributed by atoms with Crippen LogP contribution in [0.1, 0.15) is 5.69 Å². The lowest BCUT2D eigenvalue weighted by molar-refractivity contribution is -0.137. The Morgan fingerprint density at radius 2 is 2.00 bits per heavy atom. The minimum absolute atomic E-state index is 0.264. The van der Waals surface area contributed by atoms with Crippen LogP contribution in [-0.2, 0) is 16.0 Å². The van der Waals surface area contributed by atoms with Gasteiger partial charge >= 0.3 is 12.0 Å². The number of aromatic nitrogens is 1. The van der Waals surface area contributed by atoms with Gasteiger partial charge in [-0.15, -0.1) is 0 Å². The van der Waals surface area contributed by atoms with Crippen LogP contribution in [0.25, 0.3) is 0 Å². The minimum atomic E-state index is -1.14. The van der Waals surface area contributed by atoms with Gasteiger partial charge in [0.15, 0.2) is 0 Å². The molecule has 8 heteroatoms. The summed E-state index contributed by atoms with van der Waals surface area (Å²) >= 11 is 0. The first-order valence-electron chi connectivity index (χ1n) is 6.36. The molecule has 0 unspecified atom stereocenters. The Hall–Kier alpha value is -2.64. The molecule has 0 saturated heterocycles. The van der Waals surface area contributed by atoms with E-state index in [1.807, 2.05) is 18.2 Å². The molecule has 0 radical (unpaired) electrons. The highest BCUT2D eigenvalue weighted by molar-refractivity contribution is 5.86. The number of urea groups is 1. The highest BCUT2D eigenvalue weighted by Gasteiger charge is 2.10. The maximum absolute atomic E-state index is 11.7. The maximum atomic E-state index is 11.7. The Balaban J connectivity index is 2.25. The van der Waals surface area contributed by atoms with Crippen LogP contribution >= 0.6 is 0 Å². The predicted molar refractivity (Wildman–Crippen MR) is 74.6 cm³/mol. The van der Waals surface area contributed by atoms with Crippen molar-refractivity contribution in [2.24, 2.45) is 0 Å². The van der Waals surface area contributed by atoms with Crippen molar-refractivity contribution in [3.05, 3.63) is 30.1 Å². The van der Waals surface area contributed by atoms with E-state index in [-0.39, 0.29) is 6.54 Å². The normalized spacial score (nSPS) is 9.76. The van der Waals surface area contributed by atoms with E-state index in [1.165, 1.54) is 4.90 Å². The highest BCUT2D eigenvalue weighted by Crippen LogP contribution is 1.96. The lowest BCUT2D eigenvalue weighted by Crippen LogP contribution is -2.44. The average Bonchev–Trinajstić information content (AvgIpc) is 2.49. The summed E-state index contributed by atoms with van der Waals surface area (Å²) in [7, 11) is 1.60. The lowest BCUT2D eigenvalue weighted by Gasteiger charge is -2.17. The first-order valence-corrected chi connectivity index (χ1v) is 6.36. The van der Waals surface area contributed by atoms with Crippen molar-refractivity contribution in [1.29, 1.82) is 0 Å². The third-order valence-corrected chi connectivity index (χ3v) is 2.61. The number of likely N-dealkylation sites (N-methyl/N-ethyl adjacent to an activating group) is 1. The summed E-state index contributed by atoms with van der Waals surface area (Å²) in [6.07, 6.45) is 2.29. The van der Waals surface area contributed by atoms with Crippen molar-refractivity contribution in [2.75, 3.05) is 26.7 Å². The molecule has 0 aliphatic rings. The molecule has 0 aliphatic heterocycles. The van der Waals surface area contributed by atoms with Crippen LogP contribution < -0.4 is 10.6 Å². The number of carboxylic acids is 1. The second kappa shape index (κ2) is 8.51. The number of nitrogens with zero attached hydrogens (tertiary/aromatic N) is 2. The molecule has 8 nitrogen and oxygen atoms in total. The Morgan fingerprint density at radius 1 is 1.24 bits per heavy atom. The van der Waals surface area contributed by atoms with Gasteiger partial charge in [-0.2, -0.15) is 0 Å². The van der Waals surface area contributed by atoms with Crippen molar-refractivity contribution < 1.29 is 19.5 Å². The Bertz CT molecular complexity index is 492. The topological polar surface area (TPSA) is 112 Å². The number of hydrogen-bond donors (Lipinski definition) is 3. The number of hydrogen-bond acceptors (Lipinski definition) is 4. The molecule has 1 aromatic rings. The summed E-state index contributed by atoms with van der Waals surface area (Å²) in [6, 6.07) is 5.15. The molecule has 1 heterocycles. The minimum Gasteiger partial charge on any atom is -0.480 e. The van der Waals surface area contributed by atoms with E-state index in [1.54, 1.807) is 13.2 Å². The number of rotatable bonds is 7.